The van der Waals surface area contributed by atoms with E-state index >= 15 is 0 Å². The highest BCUT2D eigenvalue weighted by molar-refractivity contribution is 6.74. The van der Waals surface area contributed by atoms with Crippen LogP contribution in [0.3, 0.4) is 0 Å². The van der Waals surface area contributed by atoms with Crippen molar-refractivity contribution < 1.29 is 34.4 Å². The second-order valence-corrected chi connectivity index (χ2v) is 12.4. The van der Waals surface area contributed by atoms with E-state index in [0.29, 0.717) is 11.3 Å². The molecule has 0 aliphatic heterocycles. The molecule has 140 valence electrons. The maximum absolute atomic E-state index is 11.2. The fraction of sp³-hybridized carbons (Fsp3) is 0.529. The molecule has 8 heteroatoms. The summed E-state index contributed by atoms with van der Waals surface area (Å²) < 4.78 is 6.10. The standard InChI is InChI=1S/C17H26O7Si/c1-16(2,3)25(4,5)24-12-8-6-11(7-9-12)10-17(23,15(21)22)13(18)14(19)20/h6-9,13,18,23H,10H2,1-5H3,(H,19,20)(H,21,22)/t13-,17-/m1/s1. The topological polar surface area (TPSA) is 124 Å². The van der Waals surface area contributed by atoms with E-state index in [1.807, 2.05) is 0 Å². The largest absolute Gasteiger partial charge is 0.544 e. The molecule has 0 bridgehead atoms. The molecule has 0 heterocycles. The molecule has 1 aromatic rings. The lowest BCUT2D eigenvalue weighted by Gasteiger charge is -2.36. The minimum atomic E-state index is -2.81. The molecule has 0 amide bonds. The number of benzene rings is 1. The van der Waals surface area contributed by atoms with Crippen LogP contribution in [0, 0.1) is 0 Å². The van der Waals surface area contributed by atoms with Crippen molar-refractivity contribution in [1.29, 1.82) is 0 Å². The molecule has 0 saturated heterocycles. The molecule has 7 nitrogen and oxygen atoms in total. The van der Waals surface area contributed by atoms with Gasteiger partial charge < -0.3 is 24.9 Å². The highest BCUT2D eigenvalue weighted by Gasteiger charge is 2.47. The molecule has 2 atom stereocenters. The summed E-state index contributed by atoms with van der Waals surface area (Å²) in [5.41, 5.74) is -2.44. The Hall–Kier alpha value is -1.90. The smallest absolute Gasteiger partial charge is 0.339 e. The lowest BCUT2D eigenvalue weighted by atomic mass is 9.89. The molecule has 25 heavy (non-hydrogen) atoms. The summed E-state index contributed by atoms with van der Waals surface area (Å²) in [6.07, 6.45) is -2.98. The first kappa shape index (κ1) is 21.1. The molecule has 0 aliphatic carbocycles. The number of rotatable bonds is 7. The van der Waals surface area contributed by atoms with Crippen LogP contribution in [0.5, 0.6) is 5.75 Å². The molecular formula is C17H26O7Si. The highest BCUT2D eigenvalue weighted by atomic mass is 28.4. The molecule has 1 rings (SSSR count). The van der Waals surface area contributed by atoms with Crippen LogP contribution in [-0.2, 0) is 16.0 Å². The quantitative estimate of drug-likeness (QED) is 0.540. The van der Waals surface area contributed by atoms with Crippen molar-refractivity contribution >= 4 is 20.3 Å². The normalized spacial score (nSPS) is 16.0. The molecule has 0 radical (unpaired) electrons. The van der Waals surface area contributed by atoms with Crippen molar-refractivity contribution in [2.75, 3.05) is 0 Å². The summed E-state index contributed by atoms with van der Waals surface area (Å²) in [4.78, 5) is 22.1. The number of carboxylic acids is 2. The Balaban J connectivity index is 2.99. The van der Waals surface area contributed by atoms with E-state index in [0.717, 1.165) is 0 Å². The summed E-state index contributed by atoms with van der Waals surface area (Å²) in [5, 5.41) is 37.5. The number of aliphatic carboxylic acids is 2. The van der Waals surface area contributed by atoms with Crippen LogP contribution in [0.2, 0.25) is 18.1 Å². The van der Waals surface area contributed by atoms with E-state index in [4.69, 9.17) is 14.6 Å². The third-order valence-corrected chi connectivity index (χ3v) is 8.99. The van der Waals surface area contributed by atoms with E-state index in [-0.39, 0.29) is 5.04 Å². The second-order valence-electron chi connectivity index (χ2n) is 7.65. The molecule has 4 N–H and O–H groups in total. The van der Waals surface area contributed by atoms with Crippen molar-refractivity contribution in [2.45, 2.75) is 57.0 Å². The van der Waals surface area contributed by atoms with Crippen LogP contribution >= 0.6 is 0 Å². The Kier molecular flexibility index (Phi) is 6.04. The third kappa shape index (κ3) is 4.81. The number of aliphatic hydroxyl groups is 2. The number of hydrogen-bond donors (Lipinski definition) is 4. The van der Waals surface area contributed by atoms with Gasteiger partial charge in [0.05, 0.1) is 0 Å². The fourth-order valence-electron chi connectivity index (χ4n) is 1.93. The van der Waals surface area contributed by atoms with Gasteiger partial charge in [0.1, 0.15) is 5.75 Å². The van der Waals surface area contributed by atoms with Crippen molar-refractivity contribution in [1.82, 2.24) is 0 Å². The van der Waals surface area contributed by atoms with Crippen LogP contribution in [0.1, 0.15) is 26.3 Å². The molecule has 0 unspecified atom stereocenters. The average Bonchev–Trinajstić information content (AvgIpc) is 2.46. The maximum atomic E-state index is 11.2. The summed E-state index contributed by atoms with van der Waals surface area (Å²) in [6.45, 7) is 10.5. The summed E-state index contributed by atoms with van der Waals surface area (Å²) >= 11 is 0. The van der Waals surface area contributed by atoms with Gasteiger partial charge in [-0.3, -0.25) is 0 Å². The molecule has 0 aliphatic rings. The van der Waals surface area contributed by atoms with Gasteiger partial charge in [-0.15, -0.1) is 0 Å². The fourth-order valence-corrected chi connectivity index (χ4v) is 2.96. The van der Waals surface area contributed by atoms with E-state index in [1.165, 1.54) is 0 Å². The number of carboxylic acid groups (broad SMARTS) is 2. The predicted molar refractivity (Wildman–Crippen MR) is 94.2 cm³/mol. The zero-order chi connectivity index (χ0) is 19.6. The Bertz CT molecular complexity index is 633. The van der Waals surface area contributed by atoms with Crippen LogP contribution in [-0.4, -0.2) is 52.4 Å². The molecule has 1 aromatic carbocycles. The molecule has 0 saturated carbocycles. The zero-order valence-electron chi connectivity index (χ0n) is 15.1. The Labute approximate surface area is 148 Å². The van der Waals surface area contributed by atoms with E-state index < -0.39 is 38.4 Å². The van der Waals surface area contributed by atoms with Gasteiger partial charge in [0.25, 0.3) is 0 Å². The van der Waals surface area contributed by atoms with Crippen molar-refractivity contribution in [3.63, 3.8) is 0 Å². The minimum absolute atomic E-state index is 0.0147. The Morgan fingerprint density at radius 1 is 1.12 bits per heavy atom. The van der Waals surface area contributed by atoms with Gasteiger partial charge in [0.2, 0.25) is 13.9 Å². The predicted octanol–water partition coefficient (Wildman–Crippen LogP) is 1.87. The number of hydrogen-bond acceptors (Lipinski definition) is 5. The second kappa shape index (κ2) is 7.15. The Morgan fingerprint density at radius 2 is 1.60 bits per heavy atom. The average molecular weight is 370 g/mol. The van der Waals surface area contributed by atoms with Crippen molar-refractivity contribution in [2.24, 2.45) is 0 Å². The lowest BCUT2D eigenvalue weighted by Crippen LogP contribution is -2.54. The zero-order valence-corrected chi connectivity index (χ0v) is 16.1. The molecule has 0 spiro atoms. The van der Waals surface area contributed by atoms with Gasteiger partial charge in [0, 0.05) is 6.42 Å². The SMILES string of the molecule is CC(C)(C)[Si](C)(C)Oc1ccc(C[C@](O)(C(=O)O)[C@H](O)C(=O)O)cc1. The number of aliphatic hydroxyl groups excluding tert-OH is 1. The first-order valence-corrected chi connectivity index (χ1v) is 10.8. The van der Waals surface area contributed by atoms with Crippen LogP contribution in [0.4, 0.5) is 0 Å². The first-order chi connectivity index (χ1) is 11.2. The summed E-state index contributed by atoms with van der Waals surface area (Å²) in [5.74, 6) is -2.99. The van der Waals surface area contributed by atoms with Gasteiger partial charge in [-0.05, 0) is 35.8 Å². The van der Waals surface area contributed by atoms with Gasteiger partial charge in [-0.2, -0.15) is 0 Å². The monoisotopic (exact) mass is 370 g/mol. The van der Waals surface area contributed by atoms with E-state index in [9.17, 15) is 19.8 Å². The van der Waals surface area contributed by atoms with E-state index in [1.54, 1.807) is 24.3 Å². The van der Waals surface area contributed by atoms with Crippen molar-refractivity contribution in [3.8, 4) is 5.75 Å². The van der Waals surface area contributed by atoms with Gasteiger partial charge in [-0.1, -0.05) is 32.9 Å². The summed E-state index contributed by atoms with van der Waals surface area (Å²) in [7, 11) is -2.02. The van der Waals surface area contributed by atoms with Crippen LogP contribution in [0.25, 0.3) is 0 Å². The highest BCUT2D eigenvalue weighted by Crippen LogP contribution is 2.37. The molecule has 0 aromatic heterocycles. The van der Waals surface area contributed by atoms with E-state index in [2.05, 4.69) is 33.9 Å². The number of carbonyl (C=O) groups is 2. The first-order valence-electron chi connectivity index (χ1n) is 7.85. The molecular weight excluding hydrogens is 344 g/mol. The summed E-state index contributed by atoms with van der Waals surface area (Å²) in [6, 6.07) is 6.38. The van der Waals surface area contributed by atoms with Crippen LogP contribution in [0.15, 0.2) is 24.3 Å². The van der Waals surface area contributed by atoms with Gasteiger partial charge in [0.15, 0.2) is 6.10 Å². The van der Waals surface area contributed by atoms with Gasteiger partial charge >= 0.3 is 11.9 Å². The van der Waals surface area contributed by atoms with Gasteiger partial charge in [-0.25, -0.2) is 9.59 Å². The maximum Gasteiger partial charge on any atom is 0.339 e. The minimum Gasteiger partial charge on any atom is -0.544 e. The van der Waals surface area contributed by atoms with Crippen molar-refractivity contribution in [3.05, 3.63) is 29.8 Å². The van der Waals surface area contributed by atoms with Crippen LogP contribution < -0.4 is 4.43 Å². The third-order valence-electron chi connectivity index (χ3n) is 4.63. The lowest BCUT2D eigenvalue weighted by molar-refractivity contribution is -0.183. The molecule has 0 fully saturated rings. The Morgan fingerprint density at radius 3 is 1.96 bits per heavy atom.